The van der Waals surface area contributed by atoms with E-state index in [1.807, 2.05) is 24.3 Å². The van der Waals surface area contributed by atoms with Gasteiger partial charge in [0.15, 0.2) is 11.6 Å². The van der Waals surface area contributed by atoms with Gasteiger partial charge in [-0.2, -0.15) is 0 Å². The largest absolute Gasteiger partial charge is 0.292 e. The minimum Gasteiger partial charge on any atom is -0.292 e. The standard InChI is InChI=1S/C19H9F3N2/c20-10-5-6-11-12(7-10)13-8-14(21)15(22)9-18(13)24-17-4-2-1-3-16(17)23-19(11)24/h1-9H. The van der Waals surface area contributed by atoms with Gasteiger partial charge in [-0.25, -0.2) is 18.2 Å². The number of halogens is 3. The van der Waals surface area contributed by atoms with Crippen LogP contribution in [0.4, 0.5) is 13.2 Å². The molecule has 2 heterocycles. The first kappa shape index (κ1) is 13.4. The molecule has 0 aliphatic carbocycles. The highest BCUT2D eigenvalue weighted by atomic mass is 19.2. The van der Waals surface area contributed by atoms with Crippen molar-refractivity contribution in [1.29, 1.82) is 0 Å². The molecule has 0 saturated carbocycles. The van der Waals surface area contributed by atoms with Crippen LogP contribution in [-0.2, 0) is 0 Å². The van der Waals surface area contributed by atoms with E-state index in [9.17, 15) is 13.2 Å². The summed E-state index contributed by atoms with van der Waals surface area (Å²) in [5.41, 5.74) is 2.57. The summed E-state index contributed by atoms with van der Waals surface area (Å²) in [4.78, 5) is 4.60. The zero-order valence-electron chi connectivity index (χ0n) is 12.2. The van der Waals surface area contributed by atoms with Crippen LogP contribution in [0.15, 0.2) is 54.6 Å². The van der Waals surface area contributed by atoms with Gasteiger partial charge >= 0.3 is 0 Å². The van der Waals surface area contributed by atoms with Crippen LogP contribution in [-0.4, -0.2) is 9.38 Å². The number of fused-ring (bicyclic) bond motifs is 8. The fraction of sp³-hybridized carbons (Fsp3) is 0. The van der Waals surface area contributed by atoms with Crippen LogP contribution in [0.25, 0.3) is 38.4 Å². The Hall–Kier alpha value is -3.08. The monoisotopic (exact) mass is 322 g/mol. The second-order valence-electron chi connectivity index (χ2n) is 5.73. The first-order chi connectivity index (χ1) is 11.6. The van der Waals surface area contributed by atoms with Crippen molar-refractivity contribution < 1.29 is 13.2 Å². The minimum atomic E-state index is -0.961. The number of benzene rings is 3. The second-order valence-corrected chi connectivity index (χ2v) is 5.73. The summed E-state index contributed by atoms with van der Waals surface area (Å²) in [6.07, 6.45) is 0. The number of aromatic nitrogens is 2. The molecule has 0 bridgehead atoms. The van der Waals surface area contributed by atoms with E-state index in [4.69, 9.17) is 0 Å². The lowest BCUT2D eigenvalue weighted by Gasteiger charge is -2.09. The van der Waals surface area contributed by atoms with E-state index in [1.54, 1.807) is 10.5 Å². The average molecular weight is 322 g/mol. The summed E-state index contributed by atoms with van der Waals surface area (Å²) in [6.45, 7) is 0. The highest BCUT2D eigenvalue weighted by Gasteiger charge is 2.16. The Morgan fingerprint density at radius 3 is 2.38 bits per heavy atom. The van der Waals surface area contributed by atoms with Crippen LogP contribution in [0.1, 0.15) is 0 Å². The molecule has 0 unspecified atom stereocenters. The molecule has 2 nitrogen and oxygen atoms in total. The van der Waals surface area contributed by atoms with E-state index in [1.165, 1.54) is 12.1 Å². The van der Waals surface area contributed by atoms with E-state index >= 15 is 0 Å². The second kappa shape index (κ2) is 4.47. The van der Waals surface area contributed by atoms with Crippen molar-refractivity contribution in [3.05, 3.63) is 72.0 Å². The molecule has 5 aromatic rings. The summed E-state index contributed by atoms with van der Waals surface area (Å²) < 4.78 is 43.2. The zero-order valence-corrected chi connectivity index (χ0v) is 12.2. The number of hydrogen-bond donors (Lipinski definition) is 0. The lowest BCUT2D eigenvalue weighted by Crippen LogP contribution is -1.95. The van der Waals surface area contributed by atoms with Crippen LogP contribution in [0.3, 0.4) is 0 Å². The van der Waals surface area contributed by atoms with Gasteiger partial charge in [-0.15, -0.1) is 0 Å². The first-order valence-electron chi connectivity index (χ1n) is 7.41. The molecule has 0 fully saturated rings. The molecule has 24 heavy (non-hydrogen) atoms. The van der Waals surface area contributed by atoms with Gasteiger partial charge in [-0.05, 0) is 41.8 Å². The Balaban J connectivity index is 2.20. The van der Waals surface area contributed by atoms with Crippen LogP contribution in [0.2, 0.25) is 0 Å². The minimum absolute atomic E-state index is 0.436. The van der Waals surface area contributed by atoms with E-state index in [0.29, 0.717) is 27.3 Å². The molecular weight excluding hydrogens is 313 g/mol. The maximum Gasteiger partial charge on any atom is 0.160 e. The first-order valence-corrected chi connectivity index (χ1v) is 7.41. The number of hydrogen-bond acceptors (Lipinski definition) is 1. The normalized spacial score (nSPS) is 12.0. The maximum absolute atomic E-state index is 13.9. The van der Waals surface area contributed by atoms with Gasteiger partial charge in [-0.1, -0.05) is 12.1 Å². The molecule has 0 aliphatic rings. The van der Waals surface area contributed by atoms with E-state index in [2.05, 4.69) is 4.98 Å². The number of nitrogens with zero attached hydrogens (tertiary/aromatic N) is 2. The molecule has 0 amide bonds. The van der Waals surface area contributed by atoms with Crippen molar-refractivity contribution in [3.8, 4) is 0 Å². The summed E-state index contributed by atoms with van der Waals surface area (Å²) >= 11 is 0. The summed E-state index contributed by atoms with van der Waals surface area (Å²) in [7, 11) is 0. The van der Waals surface area contributed by atoms with Gasteiger partial charge in [0.1, 0.15) is 11.5 Å². The Morgan fingerprint density at radius 1 is 0.708 bits per heavy atom. The van der Waals surface area contributed by atoms with Crippen molar-refractivity contribution in [2.75, 3.05) is 0 Å². The summed E-state index contributed by atoms with van der Waals surface area (Å²) in [5, 5.41) is 1.64. The average Bonchev–Trinajstić information content (AvgIpc) is 2.96. The Bertz CT molecular complexity index is 1290. The van der Waals surface area contributed by atoms with Crippen molar-refractivity contribution in [2.45, 2.75) is 0 Å². The predicted octanol–water partition coefficient (Wildman–Crippen LogP) is 5.21. The molecule has 0 radical (unpaired) electrons. The molecule has 0 saturated heterocycles. The SMILES string of the molecule is Fc1ccc2c(c1)c1cc(F)c(F)cc1n1c3ccccc3nc21. The third kappa shape index (κ3) is 1.64. The summed E-state index contributed by atoms with van der Waals surface area (Å²) in [5.74, 6) is -2.34. The number of imidazole rings is 1. The van der Waals surface area contributed by atoms with Gasteiger partial charge in [-0.3, -0.25) is 4.40 Å². The quantitative estimate of drug-likeness (QED) is 0.358. The zero-order chi connectivity index (χ0) is 16.4. The van der Waals surface area contributed by atoms with E-state index in [0.717, 1.165) is 23.2 Å². The summed E-state index contributed by atoms with van der Waals surface area (Å²) in [6, 6.07) is 14.0. The van der Waals surface area contributed by atoms with Gasteiger partial charge in [0.25, 0.3) is 0 Å². The molecule has 5 heteroatoms. The molecule has 5 rings (SSSR count). The number of para-hydroxylation sites is 2. The lowest BCUT2D eigenvalue weighted by molar-refractivity contribution is 0.510. The van der Waals surface area contributed by atoms with Crippen molar-refractivity contribution in [3.63, 3.8) is 0 Å². The number of pyridine rings is 1. The van der Waals surface area contributed by atoms with E-state index in [-0.39, 0.29) is 0 Å². The fourth-order valence-electron chi connectivity index (χ4n) is 3.32. The van der Waals surface area contributed by atoms with Crippen LogP contribution < -0.4 is 0 Å². The van der Waals surface area contributed by atoms with Gasteiger partial charge in [0.2, 0.25) is 0 Å². The fourth-order valence-corrected chi connectivity index (χ4v) is 3.32. The number of rotatable bonds is 0. The smallest absolute Gasteiger partial charge is 0.160 e. The highest BCUT2D eigenvalue weighted by Crippen LogP contribution is 2.33. The third-order valence-corrected chi connectivity index (χ3v) is 4.35. The Morgan fingerprint density at radius 2 is 1.50 bits per heavy atom. The molecule has 0 N–H and O–H groups in total. The third-order valence-electron chi connectivity index (χ3n) is 4.35. The lowest BCUT2D eigenvalue weighted by atomic mass is 10.1. The predicted molar refractivity (Wildman–Crippen MR) is 87.6 cm³/mol. The Labute approximate surface area is 133 Å². The van der Waals surface area contributed by atoms with Crippen molar-refractivity contribution in [2.24, 2.45) is 0 Å². The molecule has 0 atom stereocenters. The molecule has 0 aliphatic heterocycles. The van der Waals surface area contributed by atoms with E-state index < -0.39 is 17.5 Å². The van der Waals surface area contributed by atoms with Gasteiger partial charge in [0.05, 0.1) is 16.6 Å². The van der Waals surface area contributed by atoms with Crippen LogP contribution in [0, 0.1) is 17.5 Å². The van der Waals surface area contributed by atoms with Crippen molar-refractivity contribution in [1.82, 2.24) is 9.38 Å². The molecule has 2 aromatic heterocycles. The van der Waals surface area contributed by atoms with Crippen molar-refractivity contribution >= 4 is 38.4 Å². The van der Waals surface area contributed by atoms with Gasteiger partial charge in [0, 0.05) is 16.8 Å². The topological polar surface area (TPSA) is 17.3 Å². The molecule has 0 spiro atoms. The maximum atomic E-state index is 13.9. The molecule has 116 valence electrons. The Kier molecular flexibility index (Phi) is 2.49. The highest BCUT2D eigenvalue weighted by molar-refractivity contribution is 6.13. The van der Waals surface area contributed by atoms with Crippen LogP contribution in [0.5, 0.6) is 0 Å². The molecular formula is C19H9F3N2. The van der Waals surface area contributed by atoms with Gasteiger partial charge < -0.3 is 0 Å². The van der Waals surface area contributed by atoms with Crippen LogP contribution >= 0.6 is 0 Å². The molecule has 3 aromatic carbocycles.